The third-order valence-electron chi connectivity index (χ3n) is 3.69. The van der Waals surface area contributed by atoms with Crippen LogP contribution in [0.4, 0.5) is 18.9 Å². The van der Waals surface area contributed by atoms with Crippen LogP contribution < -0.4 is 11.1 Å². The highest BCUT2D eigenvalue weighted by Gasteiger charge is 2.32. The van der Waals surface area contributed by atoms with Crippen molar-refractivity contribution in [1.29, 1.82) is 0 Å². The van der Waals surface area contributed by atoms with Crippen molar-refractivity contribution < 1.29 is 18.0 Å². The Morgan fingerprint density at radius 2 is 1.96 bits per heavy atom. The van der Waals surface area contributed by atoms with E-state index in [2.05, 4.69) is 26.0 Å². The standard InChI is InChI=1S/C16H16F3N5S.CH3NO/c1-4-25-12-6-10(20-2)8-21-13(12)15-23-11-5-9(16(17,18)19)7-22-14(11)24(15)3;2-1-3/h5-8,20H,4H2,1-3H3;1H,(H2,2,3). The van der Waals surface area contributed by atoms with Gasteiger partial charge in [0.05, 0.1) is 17.4 Å². The molecule has 0 radical (unpaired) electrons. The highest BCUT2D eigenvalue weighted by Crippen LogP contribution is 2.34. The molecule has 0 aliphatic heterocycles. The molecule has 0 aromatic carbocycles. The van der Waals surface area contributed by atoms with E-state index in [1.165, 1.54) is 0 Å². The van der Waals surface area contributed by atoms with Crippen LogP contribution >= 0.6 is 11.8 Å². The number of nitrogens with zero attached hydrogens (tertiary/aromatic N) is 4. The molecular formula is C17H19F3N6OS. The van der Waals surface area contributed by atoms with E-state index in [0.717, 1.165) is 28.6 Å². The van der Waals surface area contributed by atoms with Gasteiger partial charge in [0.2, 0.25) is 6.41 Å². The molecule has 3 N–H and O–H groups in total. The maximum atomic E-state index is 12.9. The van der Waals surface area contributed by atoms with Gasteiger partial charge in [0, 0.05) is 25.2 Å². The van der Waals surface area contributed by atoms with Crippen LogP contribution in [0.5, 0.6) is 0 Å². The molecule has 7 nitrogen and oxygen atoms in total. The van der Waals surface area contributed by atoms with Crippen molar-refractivity contribution in [3.63, 3.8) is 0 Å². The number of aryl methyl sites for hydroxylation is 1. The van der Waals surface area contributed by atoms with E-state index in [4.69, 9.17) is 4.79 Å². The lowest BCUT2D eigenvalue weighted by Gasteiger charge is -2.09. The van der Waals surface area contributed by atoms with E-state index >= 15 is 0 Å². The summed E-state index contributed by atoms with van der Waals surface area (Å²) >= 11 is 1.60. The van der Waals surface area contributed by atoms with Crippen LogP contribution in [0.15, 0.2) is 29.4 Å². The number of imidazole rings is 1. The highest BCUT2D eigenvalue weighted by molar-refractivity contribution is 7.99. The Morgan fingerprint density at radius 3 is 2.54 bits per heavy atom. The average Bonchev–Trinajstić information content (AvgIpc) is 2.98. The fourth-order valence-electron chi connectivity index (χ4n) is 2.46. The maximum absolute atomic E-state index is 12.9. The molecule has 3 aromatic heterocycles. The van der Waals surface area contributed by atoms with Crippen LogP contribution in [0.25, 0.3) is 22.7 Å². The number of primary amides is 1. The van der Waals surface area contributed by atoms with Crippen molar-refractivity contribution in [2.45, 2.75) is 18.0 Å². The lowest BCUT2D eigenvalue weighted by molar-refractivity contribution is -0.137. The zero-order valence-electron chi connectivity index (χ0n) is 15.4. The Morgan fingerprint density at radius 1 is 1.29 bits per heavy atom. The number of amides is 1. The van der Waals surface area contributed by atoms with Crippen molar-refractivity contribution in [3.05, 3.63) is 30.1 Å². The minimum Gasteiger partial charge on any atom is -0.387 e. The van der Waals surface area contributed by atoms with Gasteiger partial charge in [-0.2, -0.15) is 13.2 Å². The molecule has 0 aliphatic carbocycles. The molecule has 28 heavy (non-hydrogen) atoms. The first-order valence-electron chi connectivity index (χ1n) is 8.12. The number of alkyl halides is 3. The van der Waals surface area contributed by atoms with E-state index < -0.39 is 11.7 Å². The normalized spacial score (nSPS) is 11.1. The summed E-state index contributed by atoms with van der Waals surface area (Å²) in [4.78, 5) is 22.2. The summed E-state index contributed by atoms with van der Waals surface area (Å²) in [6, 6.07) is 2.96. The highest BCUT2D eigenvalue weighted by atomic mass is 32.2. The Balaban J connectivity index is 0.000000878. The molecule has 1 amide bonds. The van der Waals surface area contributed by atoms with Crippen LogP contribution in [0, 0.1) is 0 Å². The average molecular weight is 412 g/mol. The summed E-state index contributed by atoms with van der Waals surface area (Å²) in [5.41, 5.74) is 5.41. The lowest BCUT2D eigenvalue weighted by Crippen LogP contribution is -2.05. The summed E-state index contributed by atoms with van der Waals surface area (Å²) in [5.74, 6) is 1.32. The van der Waals surface area contributed by atoms with Crippen LogP contribution in [0.1, 0.15) is 12.5 Å². The topological polar surface area (TPSA) is 98.7 Å². The molecule has 11 heteroatoms. The van der Waals surface area contributed by atoms with Gasteiger partial charge in [-0.15, -0.1) is 11.8 Å². The number of hydrogen-bond acceptors (Lipinski definition) is 6. The molecule has 0 saturated heterocycles. The van der Waals surface area contributed by atoms with Gasteiger partial charge in [-0.25, -0.2) is 15.0 Å². The molecule has 0 bridgehead atoms. The Hall–Kier alpha value is -2.82. The van der Waals surface area contributed by atoms with Gasteiger partial charge in [-0.3, -0.25) is 4.79 Å². The maximum Gasteiger partial charge on any atom is 0.417 e. The monoisotopic (exact) mass is 412 g/mol. The second kappa shape index (κ2) is 8.91. The number of pyridine rings is 2. The molecular weight excluding hydrogens is 393 g/mol. The number of nitrogens with two attached hydrogens (primary N) is 1. The molecule has 0 unspecified atom stereocenters. The summed E-state index contributed by atoms with van der Waals surface area (Å²) in [6.45, 7) is 2.02. The molecule has 0 fully saturated rings. The van der Waals surface area contributed by atoms with Crippen LogP contribution in [-0.2, 0) is 18.0 Å². The first kappa shape index (κ1) is 21.5. The number of halogens is 3. The summed E-state index contributed by atoms with van der Waals surface area (Å²) in [7, 11) is 3.52. The first-order chi connectivity index (χ1) is 13.3. The third-order valence-corrected chi connectivity index (χ3v) is 4.60. The van der Waals surface area contributed by atoms with Gasteiger partial charge < -0.3 is 15.6 Å². The van der Waals surface area contributed by atoms with Gasteiger partial charge in [0.1, 0.15) is 11.2 Å². The minimum atomic E-state index is -4.45. The number of fused-ring (bicyclic) bond motifs is 1. The number of thioether (sulfide) groups is 1. The van der Waals surface area contributed by atoms with Gasteiger partial charge in [0.15, 0.2) is 11.5 Å². The molecule has 3 rings (SSSR count). The summed E-state index contributed by atoms with van der Waals surface area (Å²) in [5, 5.41) is 3.03. The molecule has 150 valence electrons. The van der Waals surface area contributed by atoms with Crippen LogP contribution in [0.2, 0.25) is 0 Å². The van der Waals surface area contributed by atoms with Gasteiger partial charge in [-0.05, 0) is 17.9 Å². The smallest absolute Gasteiger partial charge is 0.387 e. The number of anilines is 1. The number of rotatable bonds is 4. The van der Waals surface area contributed by atoms with Crippen LogP contribution in [-0.4, -0.2) is 38.7 Å². The molecule has 0 spiro atoms. The first-order valence-corrected chi connectivity index (χ1v) is 9.11. The van der Waals surface area contributed by atoms with Crippen molar-refractivity contribution in [2.75, 3.05) is 18.1 Å². The molecule has 0 aliphatic rings. The molecule has 3 heterocycles. The number of nitrogens with one attached hydrogen (secondary N) is 1. The van der Waals surface area contributed by atoms with Crippen LogP contribution in [0.3, 0.4) is 0 Å². The Bertz CT molecular complexity index is 973. The fourth-order valence-corrected chi connectivity index (χ4v) is 3.26. The third kappa shape index (κ3) is 4.53. The molecule has 3 aromatic rings. The Labute approximate surface area is 163 Å². The second-order valence-corrected chi connectivity index (χ2v) is 6.75. The van der Waals surface area contributed by atoms with Gasteiger partial charge >= 0.3 is 6.18 Å². The van der Waals surface area contributed by atoms with E-state index in [1.54, 1.807) is 36.6 Å². The zero-order valence-corrected chi connectivity index (χ0v) is 16.2. The van der Waals surface area contributed by atoms with Crippen molar-refractivity contribution in [1.82, 2.24) is 19.5 Å². The Kier molecular flexibility index (Phi) is 6.84. The summed E-state index contributed by atoms with van der Waals surface area (Å²) < 4.78 is 40.4. The second-order valence-electron chi connectivity index (χ2n) is 5.45. The van der Waals surface area contributed by atoms with E-state index in [-0.39, 0.29) is 11.9 Å². The summed E-state index contributed by atoms with van der Waals surface area (Å²) in [6.07, 6.45) is -1.70. The van der Waals surface area contributed by atoms with E-state index in [0.29, 0.717) is 17.2 Å². The lowest BCUT2D eigenvalue weighted by atomic mass is 10.2. The predicted molar refractivity (Wildman–Crippen MR) is 103 cm³/mol. The van der Waals surface area contributed by atoms with E-state index in [9.17, 15) is 13.2 Å². The van der Waals surface area contributed by atoms with Crippen molar-refractivity contribution >= 4 is 35.0 Å². The van der Waals surface area contributed by atoms with Gasteiger partial charge in [-0.1, -0.05) is 6.92 Å². The quantitative estimate of drug-likeness (QED) is 0.504. The SMILES string of the molecule is CCSc1cc(NC)cnc1-c1nc2cc(C(F)(F)F)cnc2n1C.NC=O. The largest absolute Gasteiger partial charge is 0.417 e. The minimum absolute atomic E-state index is 0.194. The number of aromatic nitrogens is 4. The zero-order chi connectivity index (χ0) is 20.9. The molecule has 0 atom stereocenters. The van der Waals surface area contributed by atoms with Gasteiger partial charge in [0.25, 0.3) is 0 Å². The number of carbonyl (C=O) groups excluding carboxylic acids is 1. The van der Waals surface area contributed by atoms with Crippen molar-refractivity contribution in [2.24, 2.45) is 12.8 Å². The number of hydrogen-bond donors (Lipinski definition) is 2. The van der Waals surface area contributed by atoms with E-state index in [1.807, 2.05) is 13.0 Å². The fraction of sp³-hybridized carbons (Fsp3) is 0.294. The predicted octanol–water partition coefficient (Wildman–Crippen LogP) is 3.30. The molecule has 0 saturated carbocycles. The van der Waals surface area contributed by atoms with Crippen molar-refractivity contribution in [3.8, 4) is 11.5 Å². The number of carbonyl (C=O) groups is 1.